The van der Waals surface area contributed by atoms with Crippen molar-refractivity contribution in [2.75, 3.05) is 0 Å². The highest BCUT2D eigenvalue weighted by molar-refractivity contribution is 6.36. The second-order valence-electron chi connectivity index (χ2n) is 6.63. The number of nitro groups is 1. The van der Waals surface area contributed by atoms with Crippen molar-refractivity contribution in [2.24, 2.45) is 0 Å². The topological polar surface area (TPSA) is 128 Å². The minimum atomic E-state index is -0.729. The molecular formula is C23H15Cl2N3O6. The van der Waals surface area contributed by atoms with Gasteiger partial charge in [0.05, 0.1) is 21.1 Å². The van der Waals surface area contributed by atoms with Crippen molar-refractivity contribution >= 4 is 52.7 Å². The van der Waals surface area contributed by atoms with Gasteiger partial charge in [-0.15, -0.1) is 0 Å². The Morgan fingerprint density at radius 1 is 0.941 bits per heavy atom. The lowest BCUT2D eigenvalue weighted by atomic mass is 10.1. The Kier molecular flexibility index (Phi) is 7.96. The lowest BCUT2D eigenvalue weighted by Crippen LogP contribution is -2.40. The van der Waals surface area contributed by atoms with Gasteiger partial charge in [-0.1, -0.05) is 41.4 Å². The first-order chi connectivity index (χ1) is 16.2. The van der Waals surface area contributed by atoms with Crippen LogP contribution in [0.2, 0.25) is 10.0 Å². The van der Waals surface area contributed by atoms with E-state index in [9.17, 15) is 24.5 Å². The van der Waals surface area contributed by atoms with Crippen LogP contribution in [0.1, 0.15) is 26.3 Å². The summed E-state index contributed by atoms with van der Waals surface area (Å²) in [6.45, 7) is 0. The molecule has 0 aromatic heterocycles. The number of nitrogens with one attached hydrogen (secondary N) is 2. The molecule has 0 bridgehead atoms. The van der Waals surface area contributed by atoms with Crippen molar-refractivity contribution in [3.63, 3.8) is 0 Å². The van der Waals surface area contributed by atoms with Gasteiger partial charge in [0.2, 0.25) is 0 Å². The maximum absolute atomic E-state index is 12.4. The number of rotatable bonds is 6. The maximum Gasteiger partial charge on any atom is 0.343 e. The van der Waals surface area contributed by atoms with Crippen LogP contribution in [0.3, 0.4) is 0 Å². The Labute approximate surface area is 203 Å². The number of ether oxygens (including phenoxy) is 1. The number of esters is 1. The van der Waals surface area contributed by atoms with E-state index in [1.807, 2.05) is 0 Å². The van der Waals surface area contributed by atoms with E-state index < -0.39 is 22.7 Å². The summed E-state index contributed by atoms with van der Waals surface area (Å²) in [4.78, 5) is 46.8. The molecule has 0 aliphatic heterocycles. The highest BCUT2D eigenvalue weighted by Crippen LogP contribution is 2.22. The Balaban J connectivity index is 1.62. The number of carbonyl (C=O) groups is 3. The molecule has 0 atom stereocenters. The van der Waals surface area contributed by atoms with Crippen LogP contribution in [-0.2, 0) is 4.79 Å². The van der Waals surface area contributed by atoms with Gasteiger partial charge in [0.25, 0.3) is 17.5 Å². The average molecular weight is 500 g/mol. The van der Waals surface area contributed by atoms with Crippen molar-refractivity contribution in [1.29, 1.82) is 0 Å². The van der Waals surface area contributed by atoms with E-state index in [1.165, 1.54) is 54.6 Å². The first kappa shape index (κ1) is 24.4. The molecule has 34 heavy (non-hydrogen) atoms. The van der Waals surface area contributed by atoms with Crippen molar-refractivity contribution in [2.45, 2.75) is 0 Å². The molecule has 0 heterocycles. The number of amides is 2. The van der Waals surface area contributed by atoms with E-state index in [-0.39, 0.29) is 27.6 Å². The molecule has 0 saturated carbocycles. The van der Waals surface area contributed by atoms with Gasteiger partial charge in [-0.3, -0.25) is 30.6 Å². The Morgan fingerprint density at radius 2 is 1.65 bits per heavy atom. The zero-order valence-corrected chi connectivity index (χ0v) is 18.7. The van der Waals surface area contributed by atoms with Gasteiger partial charge in [0, 0.05) is 28.8 Å². The summed E-state index contributed by atoms with van der Waals surface area (Å²) >= 11 is 11.8. The molecule has 0 aliphatic rings. The molecule has 3 aromatic rings. The van der Waals surface area contributed by atoms with Crippen molar-refractivity contribution in [3.8, 4) is 5.75 Å². The Hall–Kier alpha value is -4.21. The third-order valence-corrected chi connectivity index (χ3v) is 4.87. The fourth-order valence-corrected chi connectivity index (χ4v) is 3.15. The van der Waals surface area contributed by atoms with Crippen LogP contribution in [0.4, 0.5) is 5.69 Å². The molecule has 2 amide bonds. The summed E-state index contributed by atoms with van der Waals surface area (Å²) in [7, 11) is 0. The summed E-state index contributed by atoms with van der Waals surface area (Å²) in [6, 6.07) is 15.7. The number of hydrogen-bond donors (Lipinski definition) is 2. The van der Waals surface area contributed by atoms with Crippen LogP contribution in [0, 0.1) is 10.1 Å². The number of nitrogens with zero attached hydrogens (tertiary/aromatic N) is 1. The number of hydrogen-bond acceptors (Lipinski definition) is 6. The molecule has 11 heteroatoms. The minimum absolute atomic E-state index is 0.116. The fourth-order valence-electron chi connectivity index (χ4n) is 2.66. The summed E-state index contributed by atoms with van der Waals surface area (Å²) in [6.07, 6.45) is 2.51. The summed E-state index contributed by atoms with van der Waals surface area (Å²) in [5, 5.41) is 11.2. The molecular weight excluding hydrogens is 485 g/mol. The van der Waals surface area contributed by atoms with Crippen LogP contribution in [0.15, 0.2) is 72.8 Å². The number of carbonyl (C=O) groups excluding carboxylic acids is 3. The second kappa shape index (κ2) is 11.1. The number of hydrazine groups is 1. The van der Waals surface area contributed by atoms with Crippen LogP contribution < -0.4 is 15.6 Å². The summed E-state index contributed by atoms with van der Waals surface area (Å²) < 4.78 is 5.36. The van der Waals surface area contributed by atoms with Crippen molar-refractivity contribution in [3.05, 3.63) is 110 Å². The number of nitro benzene ring substituents is 1. The molecule has 3 aromatic carbocycles. The number of para-hydroxylation sites is 1. The molecule has 2 N–H and O–H groups in total. The van der Waals surface area contributed by atoms with Gasteiger partial charge >= 0.3 is 5.97 Å². The maximum atomic E-state index is 12.4. The summed E-state index contributed by atoms with van der Waals surface area (Å²) in [5.41, 5.74) is 4.93. The second-order valence-corrected chi connectivity index (χ2v) is 7.48. The lowest BCUT2D eigenvalue weighted by Gasteiger charge is -2.08. The Morgan fingerprint density at radius 3 is 2.32 bits per heavy atom. The predicted molar refractivity (Wildman–Crippen MR) is 126 cm³/mol. The third kappa shape index (κ3) is 6.41. The van der Waals surface area contributed by atoms with Crippen LogP contribution in [0.5, 0.6) is 5.75 Å². The largest absolute Gasteiger partial charge is 0.422 e. The normalized spacial score (nSPS) is 10.5. The van der Waals surface area contributed by atoms with E-state index in [0.29, 0.717) is 10.6 Å². The van der Waals surface area contributed by atoms with Crippen LogP contribution >= 0.6 is 23.2 Å². The van der Waals surface area contributed by atoms with E-state index in [4.69, 9.17) is 27.9 Å². The first-order valence-corrected chi connectivity index (χ1v) is 10.3. The molecule has 0 spiro atoms. The lowest BCUT2D eigenvalue weighted by molar-refractivity contribution is -0.384. The van der Waals surface area contributed by atoms with Gasteiger partial charge in [-0.2, -0.15) is 0 Å². The van der Waals surface area contributed by atoms with E-state index in [2.05, 4.69) is 10.9 Å². The number of benzene rings is 3. The zero-order valence-electron chi connectivity index (χ0n) is 17.2. The molecule has 0 aliphatic carbocycles. The number of halogens is 2. The smallest absolute Gasteiger partial charge is 0.343 e. The van der Waals surface area contributed by atoms with Gasteiger partial charge in [-0.05, 0) is 42.5 Å². The minimum Gasteiger partial charge on any atom is -0.422 e. The van der Waals surface area contributed by atoms with Gasteiger partial charge in [-0.25, -0.2) is 4.79 Å². The SMILES string of the molecule is O=C(/C=C/c1ccccc1OC(=O)c1ccc([N+](=O)[O-])cc1)NNC(=O)c1ccc(Cl)cc1Cl. The van der Waals surface area contributed by atoms with E-state index in [0.717, 1.165) is 6.08 Å². The molecule has 0 radical (unpaired) electrons. The molecule has 0 unspecified atom stereocenters. The van der Waals surface area contributed by atoms with Crippen molar-refractivity contribution in [1.82, 2.24) is 10.9 Å². The highest BCUT2D eigenvalue weighted by atomic mass is 35.5. The predicted octanol–water partition coefficient (Wildman–Crippen LogP) is 4.60. The average Bonchev–Trinajstić information content (AvgIpc) is 2.82. The molecule has 0 fully saturated rings. The molecule has 9 nitrogen and oxygen atoms in total. The van der Waals surface area contributed by atoms with Crippen molar-refractivity contribution < 1.29 is 24.0 Å². The van der Waals surface area contributed by atoms with E-state index in [1.54, 1.807) is 18.2 Å². The quantitative estimate of drug-likeness (QED) is 0.168. The zero-order chi connectivity index (χ0) is 24.7. The molecule has 3 rings (SSSR count). The van der Waals surface area contributed by atoms with Gasteiger partial charge < -0.3 is 4.74 Å². The van der Waals surface area contributed by atoms with Crippen LogP contribution in [-0.4, -0.2) is 22.7 Å². The van der Waals surface area contributed by atoms with E-state index >= 15 is 0 Å². The third-order valence-electron chi connectivity index (χ3n) is 4.32. The summed E-state index contributed by atoms with van der Waals surface area (Å²) in [5.74, 6) is -1.87. The standard InChI is InChI=1S/C23H15Cl2N3O6/c24-16-8-11-18(19(25)13-16)22(30)27-26-21(29)12-7-14-3-1-2-4-20(14)34-23(31)15-5-9-17(10-6-15)28(32)33/h1-13H,(H,26,29)(H,27,30)/b12-7+. The van der Waals surface area contributed by atoms with Gasteiger partial charge in [0.15, 0.2) is 0 Å². The van der Waals surface area contributed by atoms with Crippen LogP contribution in [0.25, 0.3) is 6.08 Å². The monoisotopic (exact) mass is 499 g/mol. The molecule has 0 saturated heterocycles. The number of non-ortho nitro benzene ring substituents is 1. The highest BCUT2D eigenvalue weighted by Gasteiger charge is 2.14. The fraction of sp³-hybridized carbons (Fsp3) is 0. The first-order valence-electron chi connectivity index (χ1n) is 9.53. The Bertz CT molecular complexity index is 1290. The molecule has 172 valence electrons. The van der Waals surface area contributed by atoms with Gasteiger partial charge in [0.1, 0.15) is 5.75 Å².